The van der Waals surface area contributed by atoms with Crippen LogP contribution in [0, 0.1) is 0 Å². The highest BCUT2D eigenvalue weighted by Crippen LogP contribution is 1.92. The molecule has 0 bridgehead atoms. The van der Waals surface area contributed by atoms with Gasteiger partial charge in [-0.2, -0.15) is 0 Å². The zero-order valence-electron chi connectivity index (χ0n) is 7.96. The smallest absolute Gasteiger partial charge is 0.335 e. The maximum atomic E-state index is 9.77. The third kappa shape index (κ3) is 5.62. The van der Waals surface area contributed by atoms with E-state index in [4.69, 9.17) is 20.4 Å². The van der Waals surface area contributed by atoms with Gasteiger partial charge in [0.05, 0.1) is 0 Å². The van der Waals surface area contributed by atoms with Gasteiger partial charge in [0, 0.05) is 12.4 Å². The summed E-state index contributed by atoms with van der Waals surface area (Å²) in [6, 6.07) is 1.78. The monoisotopic (exact) mass is 230 g/mol. The van der Waals surface area contributed by atoms with Crippen molar-refractivity contribution in [1.82, 2.24) is 9.97 Å². The number of carboxylic acid groups (broad SMARTS) is 2. The number of nitrogens with zero attached hydrogens (tertiary/aromatic N) is 2. The first-order valence-electron chi connectivity index (χ1n) is 3.98. The summed E-state index contributed by atoms with van der Waals surface area (Å²) < 4.78 is 0. The lowest BCUT2D eigenvalue weighted by molar-refractivity contribution is -0.165. The molecule has 0 fully saturated rings. The number of aliphatic hydroxyl groups excluding tert-OH is 2. The molecule has 8 heteroatoms. The van der Waals surface area contributed by atoms with E-state index in [0.29, 0.717) is 0 Å². The fraction of sp³-hybridized carbons (Fsp3) is 0.250. The zero-order valence-corrected chi connectivity index (χ0v) is 7.96. The van der Waals surface area contributed by atoms with Crippen molar-refractivity contribution in [2.75, 3.05) is 0 Å². The molecule has 0 saturated heterocycles. The molecule has 1 aromatic heterocycles. The van der Waals surface area contributed by atoms with Crippen LogP contribution in [0.25, 0.3) is 0 Å². The Morgan fingerprint density at radius 2 is 1.31 bits per heavy atom. The van der Waals surface area contributed by atoms with E-state index >= 15 is 0 Å². The maximum Gasteiger partial charge on any atom is 0.335 e. The average Bonchev–Trinajstić information content (AvgIpc) is 2.30. The van der Waals surface area contributed by atoms with E-state index in [1.54, 1.807) is 18.5 Å². The maximum absolute atomic E-state index is 9.77. The van der Waals surface area contributed by atoms with Gasteiger partial charge in [0.2, 0.25) is 0 Å². The predicted octanol–water partition coefficient (Wildman–Crippen LogP) is -1.65. The van der Waals surface area contributed by atoms with Crippen LogP contribution in [0.4, 0.5) is 0 Å². The van der Waals surface area contributed by atoms with Gasteiger partial charge in [0.15, 0.2) is 12.2 Å². The summed E-state index contributed by atoms with van der Waals surface area (Å²) in [6.07, 6.45) is 0.343. The van der Waals surface area contributed by atoms with Crippen molar-refractivity contribution in [2.45, 2.75) is 12.2 Å². The molecule has 0 aliphatic rings. The van der Waals surface area contributed by atoms with Crippen LogP contribution in [-0.2, 0) is 9.59 Å². The molecule has 4 N–H and O–H groups in total. The standard InChI is InChI=1S/C4H4N2.C4H6O6/c1-2-5-4-6-3-1;5-1(3(7)8)2(6)4(9)10/h1-4H;1-2,5-6H,(H,7,8)(H,9,10). The van der Waals surface area contributed by atoms with E-state index in [2.05, 4.69) is 9.97 Å². The summed E-state index contributed by atoms with van der Waals surface area (Å²) >= 11 is 0. The van der Waals surface area contributed by atoms with Crippen LogP contribution >= 0.6 is 0 Å². The molecule has 1 aromatic rings. The van der Waals surface area contributed by atoms with E-state index in [1.807, 2.05) is 0 Å². The minimum Gasteiger partial charge on any atom is -0.479 e. The molecule has 0 amide bonds. The molecule has 1 rings (SSSR count). The summed E-state index contributed by atoms with van der Waals surface area (Å²) in [7, 11) is 0. The lowest BCUT2D eigenvalue weighted by Gasteiger charge is -2.07. The molecule has 0 aliphatic carbocycles. The average molecular weight is 230 g/mol. The highest BCUT2D eigenvalue weighted by atomic mass is 16.4. The van der Waals surface area contributed by atoms with Crippen molar-refractivity contribution in [2.24, 2.45) is 0 Å². The molecule has 0 saturated carbocycles. The van der Waals surface area contributed by atoms with Crippen LogP contribution in [-0.4, -0.2) is 54.5 Å². The van der Waals surface area contributed by atoms with Gasteiger partial charge in [-0.1, -0.05) is 0 Å². The first-order chi connectivity index (χ1) is 7.46. The Balaban J connectivity index is 0.000000315. The fourth-order valence-corrected chi connectivity index (χ4v) is 0.523. The summed E-state index contributed by atoms with van der Waals surface area (Å²) in [6.45, 7) is 0. The summed E-state index contributed by atoms with van der Waals surface area (Å²) in [5.41, 5.74) is 0. The Kier molecular flexibility index (Phi) is 6.33. The molecular weight excluding hydrogens is 220 g/mol. The molecule has 88 valence electrons. The van der Waals surface area contributed by atoms with Crippen LogP contribution in [0.1, 0.15) is 0 Å². The Morgan fingerprint density at radius 1 is 0.938 bits per heavy atom. The first-order valence-corrected chi connectivity index (χ1v) is 3.98. The SMILES string of the molecule is O=C(O)C(O)C(O)C(=O)O.c1cncnc1. The highest BCUT2D eigenvalue weighted by Gasteiger charge is 2.29. The molecule has 0 spiro atoms. The molecular formula is C8H10N2O6. The number of carbonyl (C=O) groups is 2. The van der Waals surface area contributed by atoms with Crippen molar-refractivity contribution >= 4 is 11.9 Å². The van der Waals surface area contributed by atoms with E-state index in [1.165, 1.54) is 6.33 Å². The number of carboxylic acids is 2. The number of aromatic nitrogens is 2. The van der Waals surface area contributed by atoms with E-state index < -0.39 is 24.1 Å². The van der Waals surface area contributed by atoms with Gasteiger partial charge in [-0.05, 0) is 6.07 Å². The fourth-order valence-electron chi connectivity index (χ4n) is 0.523. The van der Waals surface area contributed by atoms with Gasteiger partial charge in [0.1, 0.15) is 6.33 Å². The van der Waals surface area contributed by atoms with Crippen molar-refractivity contribution < 1.29 is 30.0 Å². The molecule has 16 heavy (non-hydrogen) atoms. The Bertz CT molecular complexity index is 286. The number of aliphatic carboxylic acids is 2. The van der Waals surface area contributed by atoms with Crippen LogP contribution in [0.15, 0.2) is 24.8 Å². The molecule has 1 heterocycles. The minimum absolute atomic E-state index is 1.50. The number of hydrogen-bond acceptors (Lipinski definition) is 6. The van der Waals surface area contributed by atoms with Crippen molar-refractivity contribution in [3.63, 3.8) is 0 Å². The van der Waals surface area contributed by atoms with Gasteiger partial charge in [-0.15, -0.1) is 0 Å². The van der Waals surface area contributed by atoms with Crippen molar-refractivity contribution in [3.8, 4) is 0 Å². The van der Waals surface area contributed by atoms with Crippen LogP contribution in [0.3, 0.4) is 0 Å². The molecule has 0 radical (unpaired) electrons. The second-order valence-corrected chi connectivity index (χ2v) is 2.47. The van der Waals surface area contributed by atoms with Crippen molar-refractivity contribution in [3.05, 3.63) is 24.8 Å². The van der Waals surface area contributed by atoms with E-state index in [9.17, 15) is 9.59 Å². The molecule has 0 aliphatic heterocycles. The third-order valence-corrected chi connectivity index (χ3v) is 1.28. The Labute approximate surface area is 89.8 Å². The first kappa shape index (κ1) is 13.9. The minimum atomic E-state index is -2.27. The molecule has 0 aromatic carbocycles. The lowest BCUT2D eigenvalue weighted by atomic mass is 10.2. The second kappa shape index (κ2) is 7.26. The second-order valence-electron chi connectivity index (χ2n) is 2.47. The van der Waals surface area contributed by atoms with Crippen LogP contribution < -0.4 is 0 Å². The third-order valence-electron chi connectivity index (χ3n) is 1.28. The molecule has 8 nitrogen and oxygen atoms in total. The van der Waals surface area contributed by atoms with E-state index in [-0.39, 0.29) is 0 Å². The number of rotatable bonds is 3. The quantitative estimate of drug-likeness (QED) is 0.484. The number of hydrogen-bond donors (Lipinski definition) is 4. The van der Waals surface area contributed by atoms with Gasteiger partial charge < -0.3 is 20.4 Å². The molecule has 2 atom stereocenters. The van der Waals surface area contributed by atoms with Crippen molar-refractivity contribution in [1.29, 1.82) is 0 Å². The summed E-state index contributed by atoms with van der Waals surface area (Å²) in [5, 5.41) is 32.5. The lowest BCUT2D eigenvalue weighted by Crippen LogP contribution is -2.39. The van der Waals surface area contributed by atoms with Crippen LogP contribution in [0.2, 0.25) is 0 Å². The Morgan fingerprint density at radius 3 is 1.44 bits per heavy atom. The largest absolute Gasteiger partial charge is 0.479 e. The predicted molar refractivity (Wildman–Crippen MR) is 49.3 cm³/mol. The van der Waals surface area contributed by atoms with Gasteiger partial charge in [0.25, 0.3) is 0 Å². The zero-order chi connectivity index (χ0) is 12.6. The topological polar surface area (TPSA) is 141 Å². The molecule has 2 unspecified atom stereocenters. The van der Waals surface area contributed by atoms with Gasteiger partial charge in [-0.25, -0.2) is 19.6 Å². The normalized spacial score (nSPS) is 12.9. The number of aliphatic hydroxyl groups is 2. The summed E-state index contributed by atoms with van der Waals surface area (Å²) in [4.78, 5) is 26.9. The Hall–Kier alpha value is -2.06. The van der Waals surface area contributed by atoms with Gasteiger partial charge in [-0.3, -0.25) is 0 Å². The summed E-state index contributed by atoms with van der Waals surface area (Å²) in [5.74, 6) is -3.54. The van der Waals surface area contributed by atoms with Crippen LogP contribution in [0.5, 0.6) is 0 Å². The highest BCUT2D eigenvalue weighted by molar-refractivity contribution is 5.83. The van der Waals surface area contributed by atoms with Gasteiger partial charge >= 0.3 is 11.9 Å². The van der Waals surface area contributed by atoms with E-state index in [0.717, 1.165) is 0 Å².